The van der Waals surface area contributed by atoms with E-state index in [1.165, 1.54) is 35.2 Å². The maximum atomic E-state index is 14.5. The molecule has 0 aliphatic carbocycles. The number of H-pyrrole nitrogens is 1. The Morgan fingerprint density at radius 2 is 1.85 bits per heavy atom. The molecule has 4 amide bonds. The number of aromatic nitrogens is 1. The zero-order valence-electron chi connectivity index (χ0n) is 28.9. The molecule has 3 aromatic carbocycles. The monoisotopic (exact) mass is 747 g/mol. The van der Waals surface area contributed by atoms with Crippen molar-refractivity contribution < 1.29 is 47.5 Å². The predicted molar refractivity (Wildman–Crippen MR) is 191 cm³/mol. The van der Waals surface area contributed by atoms with Gasteiger partial charge in [0.2, 0.25) is 17.7 Å². The molecule has 0 fully saturated rings. The number of nitrogens with zero attached hydrogens (tertiary/aromatic N) is 1. The lowest BCUT2D eigenvalue weighted by Gasteiger charge is -2.31. The molecule has 3 heterocycles. The van der Waals surface area contributed by atoms with Gasteiger partial charge in [0.15, 0.2) is 0 Å². The van der Waals surface area contributed by atoms with Crippen LogP contribution < -0.4 is 21.3 Å². The minimum Gasteiger partial charge on any atom is -0.372 e. The van der Waals surface area contributed by atoms with E-state index >= 15 is 0 Å². The number of nitrogens with one attached hydrogen (secondary N) is 3. The van der Waals surface area contributed by atoms with Gasteiger partial charge in [0, 0.05) is 34.9 Å². The summed E-state index contributed by atoms with van der Waals surface area (Å²) in [5, 5.41) is 6.08. The van der Waals surface area contributed by atoms with E-state index < -0.39 is 66.8 Å². The quantitative estimate of drug-likeness (QED) is 0.110. The fraction of sp³-hybridized carbons (Fsp3) is 0.324. The second kappa shape index (κ2) is 15.0. The summed E-state index contributed by atoms with van der Waals surface area (Å²) in [6.45, 7) is 3.39. The van der Waals surface area contributed by atoms with Gasteiger partial charge in [-0.2, -0.15) is 0 Å². The van der Waals surface area contributed by atoms with Gasteiger partial charge in [0.25, 0.3) is 11.4 Å². The van der Waals surface area contributed by atoms with Crippen molar-refractivity contribution in [1.29, 1.82) is 0 Å². The highest BCUT2D eigenvalue weighted by Crippen LogP contribution is 2.40. The number of carbonyl (C=O) groups is 5. The van der Waals surface area contributed by atoms with Crippen LogP contribution in [0.25, 0.3) is 10.9 Å². The molecule has 1 aromatic heterocycles. The van der Waals surface area contributed by atoms with Gasteiger partial charge in [0.1, 0.15) is 23.6 Å². The van der Waals surface area contributed by atoms with Crippen molar-refractivity contribution in [2.45, 2.75) is 76.8 Å². The third-order valence-corrected chi connectivity index (χ3v) is 10.5. The molecule has 0 unspecified atom stereocenters. The molecule has 0 radical (unpaired) electrons. The molecule has 278 valence electrons. The number of carbonyl (C=O) groups excluding carboxylic acids is 5. The Labute approximate surface area is 303 Å². The van der Waals surface area contributed by atoms with Gasteiger partial charge < -0.3 is 35.9 Å². The van der Waals surface area contributed by atoms with Gasteiger partial charge in [-0.25, -0.2) is 4.39 Å². The summed E-state index contributed by atoms with van der Waals surface area (Å²) in [4.78, 5) is 88.6. The van der Waals surface area contributed by atoms with E-state index in [2.05, 4.69) is 15.6 Å². The van der Waals surface area contributed by atoms with Gasteiger partial charge in [-0.1, -0.05) is 30.3 Å². The van der Waals surface area contributed by atoms with Crippen molar-refractivity contribution in [3.8, 4) is 0 Å². The predicted octanol–water partition coefficient (Wildman–Crippen LogP) is 3.29. The lowest BCUT2D eigenvalue weighted by atomic mass is 10.0. The third kappa shape index (κ3) is 8.08. The van der Waals surface area contributed by atoms with E-state index in [0.717, 1.165) is 16.7 Å². The summed E-state index contributed by atoms with van der Waals surface area (Å²) in [6.07, 6.45) is 0.258. The van der Waals surface area contributed by atoms with E-state index in [0.29, 0.717) is 28.6 Å². The Kier molecular flexibility index (Phi) is 10.6. The van der Waals surface area contributed by atoms with Crippen molar-refractivity contribution in [2.75, 3.05) is 4.90 Å². The maximum Gasteiger partial charge on any atom is 0.396 e. The first-order valence-corrected chi connectivity index (χ1v) is 18.6. The molecule has 53 heavy (non-hydrogen) atoms. The summed E-state index contributed by atoms with van der Waals surface area (Å²) < 4.78 is 31.9. The highest BCUT2D eigenvalue weighted by atomic mass is 31.2. The number of halogens is 1. The Hall–Kier alpha value is -5.21. The summed E-state index contributed by atoms with van der Waals surface area (Å²) in [5.74, 6) is -2.65. The lowest BCUT2D eigenvalue weighted by Crippen LogP contribution is -2.56. The van der Waals surface area contributed by atoms with Crippen molar-refractivity contribution in [3.63, 3.8) is 0 Å². The van der Waals surface area contributed by atoms with Crippen LogP contribution in [0.1, 0.15) is 69.3 Å². The molecule has 16 heteroatoms. The SMILES string of the molecule is Cc1ccc(CO[C@H](C)[C@H](CCC(N)=O)NC(=O)[C@@H]2Cc3cccc4c3N2C(=O)[C@@H](NC(=O)c2cc3cc(C(=O)P(=O)(O)O)ccc3[nH]2)CC4)c(F)c1. The Morgan fingerprint density at radius 3 is 2.57 bits per heavy atom. The standard InChI is InChI=1S/C37H39FN5O9P/c1-19-6-7-24(26(38)14-19)18-52-20(2)27(12-13-32(39)44)41-35(46)31-17-22-5-3-4-21-8-11-29(36(47)43(31)33(21)22)42-34(45)30-16-25-15-23(9-10-28(25)40-30)37(48)53(49,50)51/h3-7,9-10,14-16,20,27,29,31,40H,8,11-13,17-18H2,1-2H3,(H2,39,44)(H,41,46)(H,42,45)(H2,49,50,51)/t20-,27+,29+,31+/m1/s1. The van der Waals surface area contributed by atoms with Gasteiger partial charge in [-0.3, -0.25) is 33.4 Å². The van der Waals surface area contributed by atoms with Crippen LogP contribution in [0.15, 0.2) is 60.7 Å². The van der Waals surface area contributed by atoms with E-state index in [1.807, 2.05) is 18.2 Å². The number of primary amides is 1. The molecular formula is C37H39FN5O9P. The number of para-hydroxylation sites is 1. The van der Waals surface area contributed by atoms with Crippen LogP contribution in [0, 0.1) is 12.7 Å². The zero-order chi connectivity index (χ0) is 38.2. The van der Waals surface area contributed by atoms with Crippen LogP contribution in [0.3, 0.4) is 0 Å². The molecule has 2 aliphatic rings. The molecule has 7 N–H and O–H groups in total. The third-order valence-electron chi connectivity index (χ3n) is 9.70. The summed E-state index contributed by atoms with van der Waals surface area (Å²) in [7, 11) is -5.02. The molecule has 0 bridgehead atoms. The number of hydrogen-bond acceptors (Lipinski definition) is 7. The normalized spacial score (nSPS) is 17.9. The molecular weight excluding hydrogens is 708 g/mol. The average molecular weight is 748 g/mol. The number of amides is 4. The minimum atomic E-state index is -5.02. The van der Waals surface area contributed by atoms with Gasteiger partial charge in [0.05, 0.1) is 24.4 Å². The van der Waals surface area contributed by atoms with Gasteiger partial charge in [-0.05, 0) is 80.1 Å². The number of aromatic amines is 1. The Bertz CT molecular complexity index is 2180. The number of rotatable bonds is 13. The first-order valence-electron chi connectivity index (χ1n) is 17.0. The van der Waals surface area contributed by atoms with Crippen LogP contribution in [0.4, 0.5) is 10.1 Å². The topological polar surface area (TPSA) is 221 Å². The molecule has 14 nitrogen and oxygen atoms in total. The summed E-state index contributed by atoms with van der Waals surface area (Å²) in [5.41, 5.74) is 7.64. The van der Waals surface area contributed by atoms with Crippen molar-refractivity contribution in [1.82, 2.24) is 15.6 Å². The number of hydrogen-bond donors (Lipinski definition) is 6. The zero-order valence-corrected chi connectivity index (χ0v) is 29.8. The van der Waals surface area contributed by atoms with E-state index in [-0.39, 0.29) is 43.5 Å². The Balaban J connectivity index is 1.20. The highest BCUT2D eigenvalue weighted by Gasteiger charge is 2.44. The molecule has 0 saturated heterocycles. The molecule has 4 atom stereocenters. The largest absolute Gasteiger partial charge is 0.396 e. The summed E-state index contributed by atoms with van der Waals surface area (Å²) >= 11 is 0. The van der Waals surface area contributed by atoms with Crippen LogP contribution in [0.5, 0.6) is 0 Å². The fourth-order valence-corrected chi connectivity index (χ4v) is 7.35. The van der Waals surface area contributed by atoms with Crippen LogP contribution in [0.2, 0.25) is 0 Å². The van der Waals surface area contributed by atoms with E-state index in [1.54, 1.807) is 26.0 Å². The van der Waals surface area contributed by atoms with Crippen molar-refractivity contribution in [3.05, 3.63) is 100.0 Å². The smallest absolute Gasteiger partial charge is 0.372 e. The molecule has 0 saturated carbocycles. The molecule has 4 aromatic rings. The Morgan fingerprint density at radius 1 is 1.09 bits per heavy atom. The first kappa shape index (κ1) is 37.5. The number of ether oxygens (including phenoxy) is 1. The van der Waals surface area contributed by atoms with Gasteiger partial charge >= 0.3 is 7.60 Å². The molecule has 6 rings (SSSR count). The highest BCUT2D eigenvalue weighted by molar-refractivity contribution is 7.70. The fourth-order valence-electron chi connectivity index (χ4n) is 6.87. The summed E-state index contributed by atoms with van der Waals surface area (Å²) in [6, 6.07) is 12.9. The average Bonchev–Trinajstić information content (AvgIpc) is 3.69. The lowest BCUT2D eigenvalue weighted by molar-refractivity contribution is -0.128. The number of nitrogens with two attached hydrogens (primary N) is 1. The van der Waals surface area contributed by atoms with E-state index in [9.17, 15) is 42.7 Å². The van der Waals surface area contributed by atoms with Crippen LogP contribution in [-0.4, -0.2) is 68.2 Å². The molecule has 0 spiro atoms. The van der Waals surface area contributed by atoms with Crippen LogP contribution >= 0.6 is 7.60 Å². The van der Waals surface area contributed by atoms with Crippen molar-refractivity contribution >= 4 is 53.3 Å². The second-order valence-corrected chi connectivity index (χ2v) is 15.0. The number of fused-ring (bicyclic) bond motifs is 1. The van der Waals surface area contributed by atoms with Gasteiger partial charge in [-0.15, -0.1) is 0 Å². The maximum absolute atomic E-state index is 14.5. The minimum absolute atomic E-state index is 0.0449. The number of benzene rings is 3. The molecule has 2 aliphatic heterocycles. The van der Waals surface area contributed by atoms with Crippen LogP contribution in [-0.2, 0) is 43.1 Å². The number of anilines is 1. The van der Waals surface area contributed by atoms with E-state index in [4.69, 9.17) is 10.5 Å². The second-order valence-electron chi connectivity index (χ2n) is 13.5. The first-order chi connectivity index (χ1) is 25.1. The van der Waals surface area contributed by atoms with Crippen molar-refractivity contribution in [2.24, 2.45) is 5.73 Å². The number of aryl methyl sites for hydroxylation is 2.